The zero-order valence-electron chi connectivity index (χ0n) is 22.3. The predicted octanol–water partition coefficient (Wildman–Crippen LogP) is 5.27. The SMILES string of the molecule is Cc1c(F)cc2[nH]ncc2c1-c1ncc2c(N3CCC=CCC3)nc(OCC34CCCN3CC(F)C4)nc2c1F. The fraction of sp³-hybridized carbons (Fsp3) is 0.448. The van der Waals surface area contributed by atoms with Crippen LogP contribution in [0.15, 0.2) is 30.6 Å². The summed E-state index contributed by atoms with van der Waals surface area (Å²) in [4.78, 5) is 18.0. The molecule has 1 aromatic carbocycles. The number of halogens is 3. The molecule has 7 rings (SSSR count). The summed E-state index contributed by atoms with van der Waals surface area (Å²) in [6, 6.07) is 1.39. The fourth-order valence-electron chi connectivity index (χ4n) is 6.64. The zero-order valence-corrected chi connectivity index (χ0v) is 22.3. The highest BCUT2D eigenvalue weighted by atomic mass is 19.1. The van der Waals surface area contributed by atoms with E-state index < -0.39 is 23.3 Å². The second-order valence-electron chi connectivity index (χ2n) is 11.1. The number of nitrogens with one attached hydrogen (secondary N) is 1. The zero-order chi connectivity index (χ0) is 27.4. The average molecular weight is 550 g/mol. The van der Waals surface area contributed by atoms with Crippen molar-refractivity contribution in [2.45, 2.75) is 50.7 Å². The molecule has 8 nitrogen and oxygen atoms in total. The molecular formula is C29H30F3N7O. The maximum atomic E-state index is 16.5. The Labute approximate surface area is 229 Å². The lowest BCUT2D eigenvalue weighted by atomic mass is 9.95. The van der Waals surface area contributed by atoms with Crippen LogP contribution in [0, 0.1) is 18.6 Å². The van der Waals surface area contributed by atoms with E-state index in [0.29, 0.717) is 53.7 Å². The molecule has 6 heterocycles. The molecule has 40 heavy (non-hydrogen) atoms. The van der Waals surface area contributed by atoms with Crippen LogP contribution in [0.1, 0.15) is 37.7 Å². The smallest absolute Gasteiger partial charge is 0.319 e. The number of aromatic amines is 1. The standard InChI is InChI=1S/C29H30F3N7O/c1-17-21(31)11-22-19(14-34-37-22)23(17)26-24(32)25-20(13-33-26)27(38-8-4-2-3-5-9-38)36-28(35-25)40-16-29-7-6-10-39(29)15-18(30)12-29/h2-3,11,13-14,18H,4-10,12,15-16H2,1H3,(H,34,37). The molecular weight excluding hydrogens is 519 g/mol. The Balaban J connectivity index is 1.35. The Kier molecular flexibility index (Phi) is 6.14. The first kappa shape index (κ1) is 25.3. The molecule has 11 heteroatoms. The van der Waals surface area contributed by atoms with Crippen molar-refractivity contribution in [1.82, 2.24) is 30.0 Å². The molecule has 2 fully saturated rings. The first-order valence-corrected chi connectivity index (χ1v) is 13.8. The molecule has 3 aliphatic rings. The lowest BCUT2D eigenvalue weighted by molar-refractivity contribution is 0.107. The van der Waals surface area contributed by atoms with Crippen molar-refractivity contribution in [3.8, 4) is 17.3 Å². The monoisotopic (exact) mass is 549 g/mol. The highest BCUT2D eigenvalue weighted by Gasteiger charge is 2.49. The predicted molar refractivity (Wildman–Crippen MR) is 146 cm³/mol. The lowest BCUT2D eigenvalue weighted by Gasteiger charge is -2.31. The molecule has 4 aromatic rings. The van der Waals surface area contributed by atoms with Gasteiger partial charge in [0.25, 0.3) is 0 Å². The normalized spacial score (nSPS) is 23.3. The summed E-state index contributed by atoms with van der Waals surface area (Å²) in [5, 5.41) is 7.80. The Morgan fingerprint density at radius 2 is 1.93 bits per heavy atom. The molecule has 0 saturated carbocycles. The molecule has 3 aromatic heterocycles. The van der Waals surface area contributed by atoms with Crippen LogP contribution in [0.3, 0.4) is 0 Å². The van der Waals surface area contributed by atoms with Crippen molar-refractivity contribution in [3.63, 3.8) is 0 Å². The average Bonchev–Trinajstić information content (AvgIpc) is 3.56. The van der Waals surface area contributed by atoms with Crippen molar-refractivity contribution in [2.75, 3.05) is 37.7 Å². The molecule has 0 aliphatic carbocycles. The number of H-pyrrole nitrogens is 1. The van der Waals surface area contributed by atoms with Gasteiger partial charge in [-0.15, -0.1) is 0 Å². The summed E-state index contributed by atoms with van der Waals surface area (Å²) in [5.41, 5.74) is 0.695. The lowest BCUT2D eigenvalue weighted by Crippen LogP contribution is -2.43. The van der Waals surface area contributed by atoms with Crippen LogP contribution in [-0.4, -0.2) is 74.5 Å². The van der Waals surface area contributed by atoms with Crippen LogP contribution in [0.25, 0.3) is 33.1 Å². The summed E-state index contributed by atoms with van der Waals surface area (Å²) in [7, 11) is 0. The van der Waals surface area contributed by atoms with E-state index in [4.69, 9.17) is 9.72 Å². The summed E-state index contributed by atoms with van der Waals surface area (Å²) in [5.74, 6) is -0.622. The maximum Gasteiger partial charge on any atom is 0.319 e. The number of rotatable bonds is 5. The van der Waals surface area contributed by atoms with Gasteiger partial charge in [0.15, 0.2) is 5.82 Å². The van der Waals surface area contributed by atoms with Gasteiger partial charge >= 0.3 is 6.01 Å². The van der Waals surface area contributed by atoms with Gasteiger partial charge in [0.2, 0.25) is 0 Å². The van der Waals surface area contributed by atoms with Crippen molar-refractivity contribution >= 4 is 27.6 Å². The van der Waals surface area contributed by atoms with E-state index in [0.717, 1.165) is 32.2 Å². The van der Waals surface area contributed by atoms with E-state index >= 15 is 4.39 Å². The number of anilines is 1. The Bertz CT molecular complexity index is 1630. The van der Waals surface area contributed by atoms with Crippen molar-refractivity contribution in [1.29, 1.82) is 0 Å². The van der Waals surface area contributed by atoms with Gasteiger partial charge in [-0.05, 0) is 50.8 Å². The van der Waals surface area contributed by atoms with Crippen LogP contribution in [-0.2, 0) is 0 Å². The van der Waals surface area contributed by atoms with Gasteiger partial charge in [-0.1, -0.05) is 12.2 Å². The van der Waals surface area contributed by atoms with E-state index in [1.807, 2.05) is 0 Å². The second-order valence-corrected chi connectivity index (χ2v) is 11.1. The molecule has 1 N–H and O–H groups in total. The molecule has 0 bridgehead atoms. The number of pyridine rings is 1. The first-order chi connectivity index (χ1) is 19.4. The second kappa shape index (κ2) is 9.72. The first-order valence-electron chi connectivity index (χ1n) is 13.8. The molecule has 2 unspecified atom stereocenters. The highest BCUT2D eigenvalue weighted by molar-refractivity contribution is 5.98. The number of hydrogen-bond acceptors (Lipinski definition) is 7. The van der Waals surface area contributed by atoms with Gasteiger partial charge in [0.05, 0.1) is 22.6 Å². The number of nitrogens with zero attached hydrogens (tertiary/aromatic N) is 6. The Morgan fingerprint density at radius 1 is 1.10 bits per heavy atom. The van der Waals surface area contributed by atoms with Gasteiger partial charge in [-0.3, -0.25) is 15.0 Å². The topological polar surface area (TPSA) is 83.1 Å². The molecule has 0 radical (unpaired) electrons. The third-order valence-corrected chi connectivity index (χ3v) is 8.65. The quantitative estimate of drug-likeness (QED) is 0.340. The molecule has 0 amide bonds. The number of aromatic nitrogens is 5. The van der Waals surface area contributed by atoms with Crippen LogP contribution in [0.5, 0.6) is 6.01 Å². The minimum Gasteiger partial charge on any atom is -0.461 e. The number of ether oxygens (including phenoxy) is 1. The summed E-state index contributed by atoms with van der Waals surface area (Å²) in [6.45, 7) is 4.48. The van der Waals surface area contributed by atoms with Crippen LogP contribution in [0.4, 0.5) is 19.0 Å². The molecule has 2 atom stereocenters. The van der Waals surface area contributed by atoms with Gasteiger partial charge in [-0.2, -0.15) is 15.1 Å². The van der Waals surface area contributed by atoms with E-state index in [9.17, 15) is 8.78 Å². The number of benzene rings is 1. The number of alkyl halides is 1. The maximum absolute atomic E-state index is 16.5. The van der Waals surface area contributed by atoms with Gasteiger partial charge < -0.3 is 9.64 Å². The molecule has 3 aliphatic heterocycles. The van der Waals surface area contributed by atoms with Gasteiger partial charge in [0, 0.05) is 43.2 Å². The van der Waals surface area contributed by atoms with E-state index in [1.165, 1.54) is 6.07 Å². The van der Waals surface area contributed by atoms with Crippen molar-refractivity contribution in [3.05, 3.63) is 47.8 Å². The van der Waals surface area contributed by atoms with E-state index in [2.05, 4.69) is 42.1 Å². The van der Waals surface area contributed by atoms with Gasteiger partial charge in [-0.25, -0.2) is 13.2 Å². The molecule has 2 saturated heterocycles. The Hall–Kier alpha value is -3.73. The molecule has 0 spiro atoms. The highest BCUT2D eigenvalue weighted by Crippen LogP contribution is 2.41. The fourth-order valence-corrected chi connectivity index (χ4v) is 6.64. The van der Waals surface area contributed by atoms with Crippen LogP contribution in [0.2, 0.25) is 0 Å². The van der Waals surface area contributed by atoms with Crippen LogP contribution < -0.4 is 9.64 Å². The van der Waals surface area contributed by atoms with Crippen molar-refractivity contribution < 1.29 is 17.9 Å². The van der Waals surface area contributed by atoms with Crippen LogP contribution >= 0.6 is 0 Å². The Morgan fingerprint density at radius 3 is 2.75 bits per heavy atom. The number of hydrogen-bond donors (Lipinski definition) is 1. The van der Waals surface area contributed by atoms with Gasteiger partial charge in [0.1, 0.15) is 35.6 Å². The van der Waals surface area contributed by atoms with E-state index in [1.54, 1.807) is 19.3 Å². The number of fused-ring (bicyclic) bond motifs is 3. The third kappa shape index (κ3) is 4.09. The summed E-state index contributed by atoms with van der Waals surface area (Å²) >= 11 is 0. The third-order valence-electron chi connectivity index (χ3n) is 8.65. The summed E-state index contributed by atoms with van der Waals surface area (Å²) < 4.78 is 51.8. The molecule has 208 valence electrons. The largest absolute Gasteiger partial charge is 0.461 e. The minimum absolute atomic E-state index is 0.0133. The van der Waals surface area contributed by atoms with Crippen molar-refractivity contribution in [2.24, 2.45) is 0 Å². The minimum atomic E-state index is -0.887. The van der Waals surface area contributed by atoms with E-state index in [-0.39, 0.29) is 29.4 Å². The summed E-state index contributed by atoms with van der Waals surface area (Å²) in [6.07, 6.45) is 10.4.